The van der Waals surface area contributed by atoms with Crippen LogP contribution in [0.1, 0.15) is 31.5 Å². The third-order valence-electron chi connectivity index (χ3n) is 2.73. The van der Waals surface area contributed by atoms with E-state index in [0.717, 1.165) is 17.3 Å². The highest BCUT2D eigenvalue weighted by molar-refractivity contribution is 9.10. The predicted octanol–water partition coefficient (Wildman–Crippen LogP) is 3.36. The Labute approximate surface area is 87.7 Å². The maximum Gasteiger partial charge on any atom is 0.0436 e. The molecule has 0 aliphatic heterocycles. The number of hydrogen-bond acceptors (Lipinski definition) is 1. The molecule has 1 nitrogen and oxygen atoms in total. The monoisotopic (exact) mass is 239 g/mol. The molecule has 2 heteroatoms. The molecule has 0 radical (unpaired) electrons. The minimum Gasteiger partial charge on any atom is -0.260 e. The van der Waals surface area contributed by atoms with Crippen LogP contribution in [-0.4, -0.2) is 4.98 Å². The van der Waals surface area contributed by atoms with Gasteiger partial charge in [0.05, 0.1) is 0 Å². The molecule has 0 saturated carbocycles. The highest BCUT2D eigenvalue weighted by atomic mass is 79.9. The third-order valence-corrected chi connectivity index (χ3v) is 3.17. The Kier molecular flexibility index (Phi) is 2.18. The predicted molar refractivity (Wildman–Crippen MR) is 57.7 cm³/mol. The average Bonchev–Trinajstić information content (AvgIpc) is 2.01. The molecule has 0 bridgehead atoms. The molecule has 13 heavy (non-hydrogen) atoms. The fourth-order valence-corrected chi connectivity index (χ4v) is 2.33. The van der Waals surface area contributed by atoms with E-state index in [-0.39, 0.29) is 0 Å². The lowest BCUT2D eigenvalue weighted by Gasteiger charge is -2.30. The molecule has 0 amide bonds. The van der Waals surface area contributed by atoms with Gasteiger partial charge in [0.15, 0.2) is 0 Å². The molecule has 0 fully saturated rings. The van der Waals surface area contributed by atoms with Crippen molar-refractivity contribution in [1.82, 2.24) is 4.98 Å². The topological polar surface area (TPSA) is 12.9 Å². The summed E-state index contributed by atoms with van der Waals surface area (Å²) < 4.78 is 1.10. The van der Waals surface area contributed by atoms with Crippen molar-refractivity contribution in [2.75, 3.05) is 0 Å². The number of rotatable bonds is 0. The van der Waals surface area contributed by atoms with Gasteiger partial charge in [-0.1, -0.05) is 13.8 Å². The fourth-order valence-electron chi connectivity index (χ4n) is 1.95. The van der Waals surface area contributed by atoms with Crippen molar-refractivity contribution in [3.05, 3.63) is 28.0 Å². The number of halogens is 1. The molecular formula is C11H14BrN. The van der Waals surface area contributed by atoms with Gasteiger partial charge in [-0.3, -0.25) is 4.98 Å². The number of pyridine rings is 1. The summed E-state index contributed by atoms with van der Waals surface area (Å²) in [6.45, 7) is 4.66. The highest BCUT2D eigenvalue weighted by Crippen LogP contribution is 2.34. The quantitative estimate of drug-likeness (QED) is 0.677. The maximum absolute atomic E-state index is 4.44. The highest BCUT2D eigenvalue weighted by Gasteiger charge is 2.25. The summed E-state index contributed by atoms with van der Waals surface area (Å²) >= 11 is 3.47. The number of hydrogen-bond donors (Lipinski definition) is 0. The van der Waals surface area contributed by atoms with Gasteiger partial charge in [0.25, 0.3) is 0 Å². The standard InChI is InChI=1S/C11H14BrN/c1-11(2)4-3-10-8(6-11)5-9(12)7-13-10/h5,7H,3-4,6H2,1-2H3. The summed E-state index contributed by atoms with van der Waals surface area (Å²) in [7, 11) is 0. The number of aryl methyl sites for hydroxylation is 1. The number of aromatic nitrogens is 1. The molecule has 1 aliphatic rings. The van der Waals surface area contributed by atoms with Crippen LogP contribution in [0.5, 0.6) is 0 Å². The van der Waals surface area contributed by atoms with Crippen molar-refractivity contribution in [1.29, 1.82) is 0 Å². The molecule has 1 aromatic heterocycles. The van der Waals surface area contributed by atoms with Crippen LogP contribution in [0.2, 0.25) is 0 Å². The van der Waals surface area contributed by atoms with Gasteiger partial charge in [0.1, 0.15) is 0 Å². The first-order valence-corrected chi connectivity index (χ1v) is 5.49. The van der Waals surface area contributed by atoms with Gasteiger partial charge in [-0.2, -0.15) is 0 Å². The van der Waals surface area contributed by atoms with Crippen molar-refractivity contribution < 1.29 is 0 Å². The molecule has 0 aromatic carbocycles. The maximum atomic E-state index is 4.44. The summed E-state index contributed by atoms with van der Waals surface area (Å²) in [5.74, 6) is 0. The van der Waals surface area contributed by atoms with Gasteiger partial charge in [-0.05, 0) is 52.2 Å². The van der Waals surface area contributed by atoms with Crippen molar-refractivity contribution in [2.45, 2.75) is 33.1 Å². The van der Waals surface area contributed by atoms with E-state index in [0.29, 0.717) is 5.41 Å². The largest absolute Gasteiger partial charge is 0.260 e. The molecule has 1 heterocycles. The van der Waals surface area contributed by atoms with E-state index in [1.165, 1.54) is 17.7 Å². The zero-order chi connectivity index (χ0) is 9.47. The Balaban J connectivity index is 2.38. The van der Waals surface area contributed by atoms with E-state index in [1.54, 1.807) is 0 Å². The van der Waals surface area contributed by atoms with E-state index in [4.69, 9.17) is 0 Å². The fraction of sp³-hybridized carbons (Fsp3) is 0.545. The van der Waals surface area contributed by atoms with Gasteiger partial charge in [0.2, 0.25) is 0 Å². The van der Waals surface area contributed by atoms with Crippen LogP contribution in [-0.2, 0) is 12.8 Å². The SMILES string of the molecule is CC1(C)CCc2ncc(Br)cc2C1. The van der Waals surface area contributed by atoms with Gasteiger partial charge >= 0.3 is 0 Å². The van der Waals surface area contributed by atoms with E-state index in [9.17, 15) is 0 Å². The third kappa shape index (κ3) is 1.93. The Morgan fingerprint density at radius 1 is 1.46 bits per heavy atom. The molecule has 1 aliphatic carbocycles. The number of nitrogens with zero attached hydrogens (tertiary/aromatic N) is 1. The normalized spacial score (nSPS) is 19.6. The van der Waals surface area contributed by atoms with Crippen molar-refractivity contribution in [3.8, 4) is 0 Å². The lowest BCUT2D eigenvalue weighted by Crippen LogP contribution is -2.22. The number of fused-ring (bicyclic) bond motifs is 1. The average molecular weight is 240 g/mol. The van der Waals surface area contributed by atoms with Gasteiger partial charge in [0, 0.05) is 16.4 Å². The van der Waals surface area contributed by atoms with Crippen molar-refractivity contribution >= 4 is 15.9 Å². The van der Waals surface area contributed by atoms with Crippen LogP contribution in [0.25, 0.3) is 0 Å². The van der Waals surface area contributed by atoms with E-state index in [1.807, 2.05) is 6.20 Å². The molecule has 0 N–H and O–H groups in total. The molecule has 0 unspecified atom stereocenters. The Bertz CT molecular complexity index is 331. The summed E-state index contributed by atoms with van der Waals surface area (Å²) in [5.41, 5.74) is 3.17. The Morgan fingerprint density at radius 3 is 3.00 bits per heavy atom. The first-order chi connectivity index (χ1) is 6.07. The summed E-state index contributed by atoms with van der Waals surface area (Å²) in [5, 5.41) is 0. The van der Waals surface area contributed by atoms with Gasteiger partial charge < -0.3 is 0 Å². The van der Waals surface area contributed by atoms with E-state index < -0.39 is 0 Å². The van der Waals surface area contributed by atoms with Crippen LogP contribution < -0.4 is 0 Å². The minimum absolute atomic E-state index is 0.454. The molecular weight excluding hydrogens is 226 g/mol. The lowest BCUT2D eigenvalue weighted by molar-refractivity contribution is 0.312. The van der Waals surface area contributed by atoms with Gasteiger partial charge in [-0.25, -0.2) is 0 Å². The molecule has 0 saturated heterocycles. The molecule has 0 spiro atoms. The second-order valence-electron chi connectivity index (χ2n) is 4.60. The van der Waals surface area contributed by atoms with E-state index >= 15 is 0 Å². The second-order valence-corrected chi connectivity index (χ2v) is 5.52. The molecule has 1 aromatic rings. The minimum atomic E-state index is 0.454. The van der Waals surface area contributed by atoms with Crippen LogP contribution >= 0.6 is 15.9 Å². The van der Waals surface area contributed by atoms with Crippen molar-refractivity contribution in [3.63, 3.8) is 0 Å². The smallest absolute Gasteiger partial charge is 0.0436 e. The summed E-state index contributed by atoms with van der Waals surface area (Å²) in [6, 6.07) is 2.21. The van der Waals surface area contributed by atoms with Crippen molar-refractivity contribution in [2.24, 2.45) is 5.41 Å². The van der Waals surface area contributed by atoms with Gasteiger partial charge in [-0.15, -0.1) is 0 Å². The lowest BCUT2D eigenvalue weighted by atomic mass is 9.76. The Morgan fingerprint density at radius 2 is 2.23 bits per heavy atom. The summed E-state index contributed by atoms with van der Waals surface area (Å²) in [4.78, 5) is 4.44. The zero-order valence-corrected chi connectivity index (χ0v) is 9.69. The first-order valence-electron chi connectivity index (χ1n) is 4.70. The molecule has 70 valence electrons. The second kappa shape index (κ2) is 3.09. The van der Waals surface area contributed by atoms with Crippen LogP contribution in [0.3, 0.4) is 0 Å². The van der Waals surface area contributed by atoms with Crippen LogP contribution in [0.4, 0.5) is 0 Å². The summed E-state index contributed by atoms with van der Waals surface area (Å²) in [6.07, 6.45) is 5.45. The van der Waals surface area contributed by atoms with Crippen LogP contribution in [0.15, 0.2) is 16.7 Å². The molecule has 0 atom stereocenters. The van der Waals surface area contributed by atoms with E-state index in [2.05, 4.69) is 40.8 Å². The Hall–Kier alpha value is -0.370. The van der Waals surface area contributed by atoms with Crippen LogP contribution in [0, 0.1) is 5.41 Å². The molecule has 2 rings (SSSR count). The zero-order valence-electron chi connectivity index (χ0n) is 8.10. The first kappa shape index (κ1) is 9.20.